The number of hydrogen-bond donors (Lipinski definition) is 1. The van der Waals surface area contributed by atoms with Gasteiger partial charge in [0.15, 0.2) is 11.5 Å². The normalized spacial score (nSPS) is 18.4. The molecule has 1 aromatic heterocycles. The van der Waals surface area contributed by atoms with E-state index in [1.165, 1.54) is 36.3 Å². The Hall–Kier alpha value is -3.94. The van der Waals surface area contributed by atoms with Crippen LogP contribution in [0, 0.1) is 11.6 Å². The summed E-state index contributed by atoms with van der Waals surface area (Å²) in [5, 5.41) is 0. The fourth-order valence-electron chi connectivity index (χ4n) is 3.52. The summed E-state index contributed by atoms with van der Waals surface area (Å²) in [6, 6.07) is 11.5. The number of benzene rings is 2. The molecule has 150 valence electrons. The average Bonchev–Trinajstić information content (AvgIpc) is 2.99. The van der Waals surface area contributed by atoms with E-state index in [4.69, 9.17) is 5.73 Å². The number of carbonyl (C=O) groups is 2. The summed E-state index contributed by atoms with van der Waals surface area (Å²) in [5.74, 6) is -1.66. The number of aromatic nitrogens is 1. The minimum Gasteiger partial charge on any atom is -0.369 e. The summed E-state index contributed by atoms with van der Waals surface area (Å²) in [5.41, 5.74) is 5.89. The van der Waals surface area contributed by atoms with Gasteiger partial charge in [0.1, 0.15) is 17.9 Å². The minimum absolute atomic E-state index is 0.00207. The summed E-state index contributed by atoms with van der Waals surface area (Å²) >= 11 is 0. The van der Waals surface area contributed by atoms with Crippen molar-refractivity contribution in [1.29, 1.82) is 0 Å². The summed E-state index contributed by atoms with van der Waals surface area (Å²) in [4.78, 5) is 33.7. The molecule has 6 nitrogen and oxygen atoms in total. The fraction of sp³-hybridized carbons (Fsp3) is 0.0909. The molecule has 0 spiro atoms. The molecule has 0 bridgehead atoms. The number of amides is 1. The first-order chi connectivity index (χ1) is 14.4. The zero-order valence-electron chi connectivity index (χ0n) is 15.8. The van der Waals surface area contributed by atoms with Crippen LogP contribution < -0.4 is 5.73 Å². The molecule has 1 atom stereocenters. The molecule has 4 rings (SSSR count). The van der Waals surface area contributed by atoms with Crippen LogP contribution in [0.4, 0.5) is 8.78 Å². The SMILES string of the molecule is CN1C(=O)[C@](c2ccc(C=O)cc2)(c2ccc(F)c(-c3cncc(F)c3)c2)N=C1N. The van der Waals surface area contributed by atoms with Crippen molar-refractivity contribution in [3.05, 3.63) is 89.2 Å². The second kappa shape index (κ2) is 7.14. The Bertz CT molecular complexity index is 1190. The Morgan fingerprint density at radius 1 is 1.03 bits per heavy atom. The van der Waals surface area contributed by atoms with Gasteiger partial charge < -0.3 is 5.73 Å². The predicted octanol–water partition coefficient (Wildman–Crippen LogP) is 2.87. The van der Waals surface area contributed by atoms with Crippen LogP contribution in [-0.2, 0) is 10.3 Å². The summed E-state index contributed by atoms with van der Waals surface area (Å²) in [6.07, 6.45) is 3.03. The van der Waals surface area contributed by atoms with Gasteiger partial charge in [-0.1, -0.05) is 30.3 Å². The van der Waals surface area contributed by atoms with Crippen molar-refractivity contribution in [3.8, 4) is 11.1 Å². The molecule has 0 radical (unpaired) electrons. The van der Waals surface area contributed by atoms with Crippen LogP contribution in [0.1, 0.15) is 21.5 Å². The van der Waals surface area contributed by atoms with Crippen molar-refractivity contribution >= 4 is 18.2 Å². The van der Waals surface area contributed by atoms with Crippen molar-refractivity contribution in [3.63, 3.8) is 0 Å². The molecule has 0 fully saturated rings. The first-order valence-electron chi connectivity index (χ1n) is 8.97. The fourth-order valence-corrected chi connectivity index (χ4v) is 3.52. The molecule has 0 saturated carbocycles. The number of rotatable bonds is 4. The molecule has 8 heteroatoms. The third kappa shape index (κ3) is 2.93. The van der Waals surface area contributed by atoms with Gasteiger partial charge in [0.2, 0.25) is 0 Å². The Morgan fingerprint density at radius 2 is 1.73 bits per heavy atom. The molecular weight excluding hydrogens is 390 g/mol. The zero-order chi connectivity index (χ0) is 21.5. The summed E-state index contributed by atoms with van der Waals surface area (Å²) in [7, 11) is 1.49. The maximum absolute atomic E-state index is 14.6. The molecule has 0 aliphatic carbocycles. The van der Waals surface area contributed by atoms with E-state index in [0.717, 1.165) is 12.3 Å². The van der Waals surface area contributed by atoms with Crippen LogP contribution >= 0.6 is 0 Å². The van der Waals surface area contributed by atoms with E-state index < -0.39 is 23.1 Å². The number of aldehydes is 1. The summed E-state index contributed by atoms with van der Waals surface area (Å²) < 4.78 is 28.3. The van der Waals surface area contributed by atoms with Gasteiger partial charge in [-0.05, 0) is 29.3 Å². The van der Waals surface area contributed by atoms with Crippen LogP contribution in [0.2, 0.25) is 0 Å². The van der Waals surface area contributed by atoms with Gasteiger partial charge in [0.05, 0.1) is 6.20 Å². The number of aliphatic imine (C=N–C) groups is 1. The molecule has 2 heterocycles. The molecule has 0 saturated heterocycles. The lowest BCUT2D eigenvalue weighted by Gasteiger charge is -2.26. The molecule has 1 aliphatic rings. The quantitative estimate of drug-likeness (QED) is 0.675. The Balaban J connectivity index is 1.96. The molecule has 30 heavy (non-hydrogen) atoms. The number of guanidine groups is 1. The van der Waals surface area contributed by atoms with E-state index in [1.54, 1.807) is 24.3 Å². The highest BCUT2D eigenvalue weighted by Gasteiger charge is 2.49. The van der Waals surface area contributed by atoms with Crippen LogP contribution in [0.15, 0.2) is 65.9 Å². The van der Waals surface area contributed by atoms with E-state index in [9.17, 15) is 18.4 Å². The van der Waals surface area contributed by atoms with E-state index in [-0.39, 0.29) is 17.1 Å². The Kier molecular flexibility index (Phi) is 4.62. The smallest absolute Gasteiger partial charge is 0.266 e. The standard InChI is InChI=1S/C22H16F2N4O2/c1-28-20(30)22(27-21(28)25,15-4-2-13(12-29)3-5-15)16-6-7-19(24)18(9-16)14-8-17(23)11-26-10-14/h2-12H,1H3,(H2,25,27)/t22-/m0/s1. The third-order valence-corrected chi connectivity index (χ3v) is 5.10. The first-order valence-corrected chi connectivity index (χ1v) is 8.97. The molecule has 2 N–H and O–H groups in total. The maximum atomic E-state index is 14.6. The van der Waals surface area contributed by atoms with Gasteiger partial charge in [-0.3, -0.25) is 19.5 Å². The molecule has 1 amide bonds. The van der Waals surface area contributed by atoms with Crippen LogP contribution in [0.25, 0.3) is 11.1 Å². The number of hydrogen-bond acceptors (Lipinski definition) is 5. The highest BCUT2D eigenvalue weighted by molar-refractivity contribution is 6.09. The summed E-state index contributed by atoms with van der Waals surface area (Å²) in [6.45, 7) is 0. The number of nitrogens with zero attached hydrogens (tertiary/aromatic N) is 3. The van der Waals surface area contributed by atoms with Gasteiger partial charge in [-0.25, -0.2) is 13.8 Å². The lowest BCUT2D eigenvalue weighted by atomic mass is 9.81. The van der Waals surface area contributed by atoms with Crippen molar-refractivity contribution in [1.82, 2.24) is 9.88 Å². The Morgan fingerprint density at radius 3 is 2.33 bits per heavy atom. The van der Waals surface area contributed by atoms with Crippen LogP contribution in [-0.4, -0.2) is 35.1 Å². The largest absolute Gasteiger partial charge is 0.369 e. The maximum Gasteiger partial charge on any atom is 0.266 e. The van der Waals surface area contributed by atoms with Gasteiger partial charge in [0, 0.05) is 29.9 Å². The van der Waals surface area contributed by atoms with E-state index in [2.05, 4.69) is 9.98 Å². The minimum atomic E-state index is -1.57. The highest BCUT2D eigenvalue weighted by atomic mass is 19.1. The van der Waals surface area contributed by atoms with E-state index in [0.29, 0.717) is 23.0 Å². The topological polar surface area (TPSA) is 88.7 Å². The number of likely N-dealkylation sites (N-methyl/N-ethyl adjacent to an activating group) is 1. The number of pyridine rings is 1. The van der Waals surface area contributed by atoms with Crippen molar-refractivity contribution in [2.75, 3.05) is 7.05 Å². The second-order valence-corrected chi connectivity index (χ2v) is 6.87. The second-order valence-electron chi connectivity index (χ2n) is 6.87. The predicted molar refractivity (Wildman–Crippen MR) is 107 cm³/mol. The Labute approximate surface area is 170 Å². The van der Waals surface area contributed by atoms with Crippen molar-refractivity contribution in [2.24, 2.45) is 10.7 Å². The van der Waals surface area contributed by atoms with Gasteiger partial charge in [0.25, 0.3) is 5.91 Å². The van der Waals surface area contributed by atoms with Gasteiger partial charge >= 0.3 is 0 Å². The number of nitrogens with two attached hydrogens (primary N) is 1. The van der Waals surface area contributed by atoms with E-state index in [1.807, 2.05) is 0 Å². The molecular formula is C22H16F2N4O2. The lowest BCUT2D eigenvalue weighted by Crippen LogP contribution is -2.41. The lowest BCUT2D eigenvalue weighted by molar-refractivity contribution is -0.129. The van der Waals surface area contributed by atoms with Crippen molar-refractivity contribution < 1.29 is 18.4 Å². The first kappa shape index (κ1) is 19.4. The third-order valence-electron chi connectivity index (χ3n) is 5.10. The number of halogens is 2. The van der Waals surface area contributed by atoms with E-state index >= 15 is 0 Å². The monoisotopic (exact) mass is 406 g/mol. The molecule has 2 aromatic carbocycles. The van der Waals surface area contributed by atoms with Crippen molar-refractivity contribution in [2.45, 2.75) is 5.54 Å². The number of carbonyl (C=O) groups excluding carboxylic acids is 2. The molecule has 1 aliphatic heterocycles. The van der Waals surface area contributed by atoms with Gasteiger partial charge in [-0.15, -0.1) is 0 Å². The van der Waals surface area contributed by atoms with Crippen LogP contribution in [0.5, 0.6) is 0 Å². The average molecular weight is 406 g/mol. The molecule has 3 aromatic rings. The highest BCUT2D eigenvalue weighted by Crippen LogP contribution is 2.41. The van der Waals surface area contributed by atoms with Gasteiger partial charge in [-0.2, -0.15) is 0 Å². The zero-order valence-corrected chi connectivity index (χ0v) is 15.8. The van der Waals surface area contributed by atoms with Crippen LogP contribution in [0.3, 0.4) is 0 Å². The molecule has 0 unspecified atom stereocenters.